The van der Waals surface area contributed by atoms with Gasteiger partial charge in [0.05, 0.1) is 18.4 Å². The molecule has 20 heavy (non-hydrogen) atoms. The van der Waals surface area contributed by atoms with E-state index in [-0.39, 0.29) is 16.9 Å². The fourth-order valence-electron chi connectivity index (χ4n) is 1.15. The molecule has 0 aliphatic carbocycles. The van der Waals surface area contributed by atoms with Gasteiger partial charge in [0, 0.05) is 0 Å². The molecular formula is C10H8BClF2O5S. The number of carbonyl (C=O) groups is 1. The van der Waals surface area contributed by atoms with Gasteiger partial charge >= 0.3 is 21.3 Å². The smallest absolute Gasteiger partial charge is 0.402 e. The normalized spacial score (nSPS) is 12.2. The van der Waals surface area contributed by atoms with Crippen LogP contribution in [-0.2, 0) is 21.2 Å². The van der Waals surface area contributed by atoms with E-state index in [1.54, 1.807) is 0 Å². The second-order valence-corrected chi connectivity index (χ2v) is 5.66. The van der Waals surface area contributed by atoms with Crippen LogP contribution in [0.15, 0.2) is 18.2 Å². The second-order valence-electron chi connectivity index (χ2n) is 3.71. The fraction of sp³-hybridized carbons (Fsp3) is 0.300. The van der Waals surface area contributed by atoms with Crippen molar-refractivity contribution in [2.75, 3.05) is 6.61 Å². The van der Waals surface area contributed by atoms with Crippen molar-refractivity contribution in [1.29, 1.82) is 0 Å². The molecule has 1 aromatic carbocycles. The van der Waals surface area contributed by atoms with E-state index in [4.69, 9.17) is 24.0 Å². The number of rotatable bonds is 5. The van der Waals surface area contributed by atoms with Gasteiger partial charge in [0.15, 0.2) is 6.61 Å². The van der Waals surface area contributed by atoms with Crippen LogP contribution in [0.2, 0.25) is 5.02 Å². The number of halogens is 3. The van der Waals surface area contributed by atoms with E-state index in [1.807, 2.05) is 0 Å². The molecule has 0 fully saturated rings. The second kappa shape index (κ2) is 6.07. The summed E-state index contributed by atoms with van der Waals surface area (Å²) < 4.78 is 58.7. The molecule has 108 valence electrons. The Morgan fingerprint density at radius 2 is 2.05 bits per heavy atom. The van der Waals surface area contributed by atoms with E-state index in [9.17, 15) is 22.0 Å². The van der Waals surface area contributed by atoms with Gasteiger partial charge in [-0.25, -0.2) is 4.79 Å². The van der Waals surface area contributed by atoms with Gasteiger partial charge < -0.3 is 4.74 Å². The monoisotopic (exact) mass is 324 g/mol. The molecule has 0 aliphatic heterocycles. The maximum absolute atomic E-state index is 12.9. The van der Waals surface area contributed by atoms with Crippen LogP contribution in [0.25, 0.3) is 0 Å². The van der Waals surface area contributed by atoms with Gasteiger partial charge in [-0.05, 0) is 12.1 Å². The van der Waals surface area contributed by atoms with E-state index in [1.165, 1.54) is 18.2 Å². The fourth-order valence-corrected chi connectivity index (χ4v) is 1.64. The number of alkyl halides is 2. The molecule has 0 saturated heterocycles. The average Bonchev–Trinajstić information content (AvgIpc) is 2.34. The lowest BCUT2D eigenvalue weighted by Gasteiger charge is -2.13. The predicted octanol–water partition coefficient (Wildman–Crippen LogP) is 1.65. The third-order valence-electron chi connectivity index (χ3n) is 2.24. The van der Waals surface area contributed by atoms with Gasteiger partial charge in [0.2, 0.25) is 0 Å². The van der Waals surface area contributed by atoms with Crippen molar-refractivity contribution in [2.45, 2.75) is 11.6 Å². The third-order valence-corrected chi connectivity index (χ3v) is 3.42. The lowest BCUT2D eigenvalue weighted by atomic mass is 9.96. The van der Waals surface area contributed by atoms with E-state index in [2.05, 4.69) is 4.74 Å². The van der Waals surface area contributed by atoms with E-state index in [0.717, 1.165) is 0 Å². The van der Waals surface area contributed by atoms with E-state index in [0.29, 0.717) is 5.56 Å². The van der Waals surface area contributed by atoms with E-state index < -0.39 is 27.9 Å². The summed E-state index contributed by atoms with van der Waals surface area (Å²) in [6.45, 7) is -1.82. The summed E-state index contributed by atoms with van der Waals surface area (Å²) in [6.07, 6.45) is 0.163. The van der Waals surface area contributed by atoms with Gasteiger partial charge in [-0.15, -0.1) is 0 Å². The number of ether oxygens (including phenoxy) is 1. The van der Waals surface area contributed by atoms with Crippen LogP contribution in [0.4, 0.5) is 8.78 Å². The number of hydrogen-bond acceptors (Lipinski definition) is 4. The topological polar surface area (TPSA) is 80.7 Å². The van der Waals surface area contributed by atoms with Gasteiger partial charge in [-0.2, -0.15) is 17.2 Å². The molecule has 0 aromatic heterocycles. The van der Waals surface area contributed by atoms with Crippen molar-refractivity contribution in [2.24, 2.45) is 0 Å². The molecular weight excluding hydrogens is 316 g/mol. The van der Waals surface area contributed by atoms with Crippen molar-refractivity contribution in [1.82, 2.24) is 0 Å². The minimum Gasteiger partial charge on any atom is -0.454 e. The molecule has 0 aliphatic rings. The first-order chi connectivity index (χ1) is 9.08. The maximum Gasteiger partial charge on any atom is 0.402 e. The number of carbonyl (C=O) groups excluding carboxylic acids is 1. The van der Waals surface area contributed by atoms with Crippen molar-refractivity contribution in [3.8, 4) is 0 Å². The van der Waals surface area contributed by atoms with Crippen molar-refractivity contribution >= 4 is 35.5 Å². The van der Waals surface area contributed by atoms with Crippen LogP contribution >= 0.6 is 11.6 Å². The van der Waals surface area contributed by atoms with Crippen LogP contribution < -0.4 is 0 Å². The molecule has 0 saturated carbocycles. The van der Waals surface area contributed by atoms with Crippen LogP contribution in [-0.4, -0.2) is 38.6 Å². The van der Waals surface area contributed by atoms with Gasteiger partial charge in [0.1, 0.15) is 0 Å². The predicted molar refractivity (Wildman–Crippen MR) is 67.7 cm³/mol. The Balaban J connectivity index is 2.83. The molecule has 10 heteroatoms. The maximum atomic E-state index is 12.9. The van der Waals surface area contributed by atoms with Gasteiger partial charge in [-0.1, -0.05) is 29.6 Å². The molecule has 1 N–H and O–H groups in total. The van der Waals surface area contributed by atoms with Crippen LogP contribution in [0, 0.1) is 0 Å². The Labute approximate surface area is 120 Å². The lowest BCUT2D eigenvalue weighted by molar-refractivity contribution is -0.00949. The lowest BCUT2D eigenvalue weighted by Crippen LogP contribution is -2.34. The molecule has 1 aromatic rings. The van der Waals surface area contributed by atoms with Crippen LogP contribution in [0.5, 0.6) is 0 Å². The van der Waals surface area contributed by atoms with Gasteiger partial charge in [0.25, 0.3) is 0 Å². The Kier molecular flexibility index (Phi) is 5.12. The zero-order chi connectivity index (χ0) is 15.6. The Bertz CT molecular complexity index is 620. The Morgan fingerprint density at radius 3 is 2.50 bits per heavy atom. The molecule has 0 atom stereocenters. The minimum atomic E-state index is -5.66. The SMILES string of the molecule is [B]Cc1ccc(C(=O)OCC(F)(F)S(=O)(=O)O)c(Cl)c1. The molecule has 5 nitrogen and oxygen atoms in total. The quantitative estimate of drug-likeness (QED) is 0.506. The molecule has 1 rings (SSSR count). The Morgan fingerprint density at radius 1 is 1.45 bits per heavy atom. The highest BCUT2D eigenvalue weighted by Gasteiger charge is 2.45. The van der Waals surface area contributed by atoms with Gasteiger partial charge in [-0.3, -0.25) is 4.55 Å². The molecule has 0 bridgehead atoms. The first-order valence-electron chi connectivity index (χ1n) is 5.09. The zero-order valence-corrected chi connectivity index (χ0v) is 11.4. The molecule has 0 unspecified atom stereocenters. The highest BCUT2D eigenvalue weighted by molar-refractivity contribution is 7.86. The summed E-state index contributed by atoms with van der Waals surface area (Å²) in [4.78, 5) is 11.5. The first kappa shape index (κ1) is 16.9. The summed E-state index contributed by atoms with van der Waals surface area (Å²) in [5.74, 6) is -1.25. The van der Waals surface area contributed by atoms with Crippen LogP contribution in [0.1, 0.15) is 15.9 Å². The van der Waals surface area contributed by atoms with Crippen molar-refractivity contribution in [3.05, 3.63) is 34.3 Å². The largest absolute Gasteiger partial charge is 0.454 e. The summed E-state index contributed by atoms with van der Waals surface area (Å²) in [6, 6.07) is 3.99. The summed E-state index contributed by atoms with van der Waals surface area (Å²) >= 11 is 5.73. The van der Waals surface area contributed by atoms with Crippen LogP contribution in [0.3, 0.4) is 0 Å². The third kappa shape index (κ3) is 3.91. The molecule has 0 amide bonds. The molecule has 0 spiro atoms. The summed E-state index contributed by atoms with van der Waals surface area (Å²) in [5.41, 5.74) is 0.379. The van der Waals surface area contributed by atoms with Crippen molar-refractivity contribution < 1.29 is 31.3 Å². The standard InChI is InChI=1S/C10H8BClF2O5S/c11-4-6-1-2-7(8(12)3-6)9(15)19-5-10(13,14)20(16,17)18/h1-3H,4-5H2,(H,16,17,18). The summed E-state index contributed by atoms with van der Waals surface area (Å²) in [7, 11) is -0.321. The summed E-state index contributed by atoms with van der Waals surface area (Å²) in [5, 5.41) is -4.67. The Hall–Kier alpha value is -1.19. The average molecular weight is 324 g/mol. The number of esters is 1. The number of hydrogen-bond donors (Lipinski definition) is 1. The first-order valence-corrected chi connectivity index (χ1v) is 6.91. The molecule has 0 heterocycles. The zero-order valence-electron chi connectivity index (χ0n) is 9.85. The highest BCUT2D eigenvalue weighted by Crippen LogP contribution is 2.23. The highest BCUT2D eigenvalue weighted by atomic mass is 35.5. The molecule has 2 radical (unpaired) electrons. The minimum absolute atomic E-state index is 0.0758. The van der Waals surface area contributed by atoms with E-state index >= 15 is 0 Å². The number of benzene rings is 1. The van der Waals surface area contributed by atoms with Crippen molar-refractivity contribution in [3.63, 3.8) is 0 Å².